The Labute approximate surface area is 148 Å². The SMILES string of the molecule is COc1cccc(C(=O)N[C@H](C[NH+]2CCOCC2)c2ccccc2)c1. The zero-order valence-electron chi connectivity index (χ0n) is 14.5. The van der Waals surface area contributed by atoms with Gasteiger partial charge in [-0.15, -0.1) is 0 Å². The molecule has 0 aromatic heterocycles. The lowest BCUT2D eigenvalue weighted by Gasteiger charge is -2.28. The Morgan fingerprint density at radius 2 is 1.92 bits per heavy atom. The first-order valence-corrected chi connectivity index (χ1v) is 8.67. The number of carbonyl (C=O) groups excluding carboxylic acids is 1. The van der Waals surface area contributed by atoms with E-state index in [-0.39, 0.29) is 11.9 Å². The molecule has 0 spiro atoms. The summed E-state index contributed by atoms with van der Waals surface area (Å²) in [5.74, 6) is 0.600. The Kier molecular flexibility index (Phi) is 6.04. The van der Waals surface area contributed by atoms with Crippen molar-refractivity contribution in [2.24, 2.45) is 0 Å². The number of rotatable bonds is 6. The zero-order valence-corrected chi connectivity index (χ0v) is 14.5. The minimum absolute atomic E-state index is 0.0343. The van der Waals surface area contributed by atoms with Crippen molar-refractivity contribution in [1.29, 1.82) is 0 Å². The largest absolute Gasteiger partial charge is 0.497 e. The van der Waals surface area contributed by atoms with E-state index in [4.69, 9.17) is 9.47 Å². The van der Waals surface area contributed by atoms with E-state index in [9.17, 15) is 4.79 Å². The van der Waals surface area contributed by atoms with Crippen molar-refractivity contribution in [1.82, 2.24) is 5.32 Å². The van der Waals surface area contributed by atoms with Gasteiger partial charge in [-0.25, -0.2) is 0 Å². The van der Waals surface area contributed by atoms with Gasteiger partial charge in [0.25, 0.3) is 5.91 Å². The molecule has 1 aliphatic heterocycles. The van der Waals surface area contributed by atoms with Crippen LogP contribution in [0.4, 0.5) is 0 Å². The third-order valence-electron chi connectivity index (χ3n) is 4.53. The normalized spacial score (nSPS) is 16.2. The average molecular weight is 341 g/mol. The van der Waals surface area contributed by atoms with Gasteiger partial charge < -0.3 is 19.7 Å². The highest BCUT2D eigenvalue weighted by Crippen LogP contribution is 2.15. The first-order chi connectivity index (χ1) is 12.3. The number of ether oxygens (including phenoxy) is 2. The zero-order chi connectivity index (χ0) is 17.5. The minimum Gasteiger partial charge on any atom is -0.497 e. The molecule has 1 aliphatic rings. The van der Waals surface area contributed by atoms with Crippen LogP contribution < -0.4 is 15.0 Å². The number of carbonyl (C=O) groups is 1. The van der Waals surface area contributed by atoms with E-state index in [1.807, 2.05) is 36.4 Å². The van der Waals surface area contributed by atoms with Crippen molar-refractivity contribution in [3.8, 4) is 5.75 Å². The van der Waals surface area contributed by atoms with Gasteiger partial charge in [0.05, 0.1) is 20.3 Å². The molecule has 2 N–H and O–H groups in total. The van der Waals surface area contributed by atoms with Crippen LogP contribution in [-0.2, 0) is 4.74 Å². The smallest absolute Gasteiger partial charge is 0.252 e. The van der Waals surface area contributed by atoms with Gasteiger partial charge in [-0.2, -0.15) is 0 Å². The maximum absolute atomic E-state index is 12.7. The molecule has 1 atom stereocenters. The summed E-state index contributed by atoms with van der Waals surface area (Å²) < 4.78 is 10.7. The van der Waals surface area contributed by atoms with Crippen LogP contribution in [0.1, 0.15) is 22.0 Å². The summed E-state index contributed by atoms with van der Waals surface area (Å²) in [6, 6.07) is 17.3. The first kappa shape index (κ1) is 17.5. The molecule has 2 aromatic rings. The van der Waals surface area contributed by atoms with Gasteiger partial charge in [0.2, 0.25) is 0 Å². The van der Waals surface area contributed by atoms with E-state index in [1.165, 1.54) is 4.90 Å². The number of amides is 1. The van der Waals surface area contributed by atoms with Gasteiger partial charge >= 0.3 is 0 Å². The molecule has 1 fully saturated rings. The maximum atomic E-state index is 12.7. The monoisotopic (exact) mass is 341 g/mol. The fraction of sp³-hybridized carbons (Fsp3) is 0.350. The van der Waals surface area contributed by atoms with Crippen LogP contribution in [0.3, 0.4) is 0 Å². The summed E-state index contributed by atoms with van der Waals surface area (Å²) >= 11 is 0. The van der Waals surface area contributed by atoms with Gasteiger partial charge in [0.1, 0.15) is 31.4 Å². The van der Waals surface area contributed by atoms with Gasteiger partial charge in [-0.1, -0.05) is 36.4 Å². The van der Waals surface area contributed by atoms with Crippen LogP contribution in [0, 0.1) is 0 Å². The van der Waals surface area contributed by atoms with E-state index >= 15 is 0 Å². The number of quaternary nitrogens is 1. The molecule has 0 aliphatic carbocycles. The molecule has 0 radical (unpaired) electrons. The van der Waals surface area contributed by atoms with Crippen LogP contribution in [0.2, 0.25) is 0 Å². The molecule has 5 heteroatoms. The number of hydrogen-bond acceptors (Lipinski definition) is 3. The molecule has 3 rings (SSSR count). The van der Waals surface area contributed by atoms with Crippen LogP contribution >= 0.6 is 0 Å². The van der Waals surface area contributed by atoms with Crippen LogP contribution in [0.25, 0.3) is 0 Å². The minimum atomic E-state index is -0.0830. The second-order valence-electron chi connectivity index (χ2n) is 6.24. The lowest BCUT2D eigenvalue weighted by atomic mass is 10.1. The highest BCUT2D eigenvalue weighted by Gasteiger charge is 2.23. The Bertz CT molecular complexity index is 684. The Hall–Kier alpha value is -2.37. The first-order valence-electron chi connectivity index (χ1n) is 8.67. The highest BCUT2D eigenvalue weighted by molar-refractivity contribution is 5.94. The maximum Gasteiger partial charge on any atom is 0.252 e. The number of nitrogens with one attached hydrogen (secondary N) is 2. The van der Waals surface area contributed by atoms with Crippen LogP contribution in [0.15, 0.2) is 54.6 Å². The molecule has 25 heavy (non-hydrogen) atoms. The second-order valence-corrected chi connectivity index (χ2v) is 6.24. The topological polar surface area (TPSA) is 52.0 Å². The molecule has 1 heterocycles. The molecule has 0 unspecified atom stereocenters. The third kappa shape index (κ3) is 4.81. The van der Waals surface area contributed by atoms with Gasteiger partial charge in [0.15, 0.2) is 0 Å². The third-order valence-corrected chi connectivity index (χ3v) is 4.53. The van der Waals surface area contributed by atoms with E-state index in [0.29, 0.717) is 11.3 Å². The molecule has 1 saturated heterocycles. The molecular formula is C20H25N2O3+. The molecule has 0 bridgehead atoms. The quantitative estimate of drug-likeness (QED) is 0.827. The molecule has 5 nitrogen and oxygen atoms in total. The Morgan fingerprint density at radius 3 is 2.64 bits per heavy atom. The fourth-order valence-corrected chi connectivity index (χ4v) is 3.10. The van der Waals surface area contributed by atoms with E-state index in [2.05, 4.69) is 17.4 Å². The summed E-state index contributed by atoms with van der Waals surface area (Å²) in [5, 5.41) is 3.19. The standard InChI is InChI=1S/C20H24N2O3/c1-24-18-9-5-8-17(14-18)20(23)21-19(16-6-3-2-4-7-16)15-22-10-12-25-13-11-22/h2-9,14,19H,10-13,15H2,1H3,(H,21,23)/p+1/t19-/m1/s1. The number of benzene rings is 2. The van der Waals surface area contributed by atoms with E-state index < -0.39 is 0 Å². The van der Waals surface area contributed by atoms with Crippen molar-refractivity contribution in [2.75, 3.05) is 40.0 Å². The molecule has 0 saturated carbocycles. The summed E-state index contributed by atoms with van der Waals surface area (Å²) in [6.45, 7) is 4.35. The molecular weight excluding hydrogens is 316 g/mol. The van der Waals surface area contributed by atoms with Gasteiger partial charge in [-0.3, -0.25) is 4.79 Å². The lowest BCUT2D eigenvalue weighted by molar-refractivity contribution is -0.909. The second kappa shape index (κ2) is 8.65. The van der Waals surface area contributed by atoms with E-state index in [0.717, 1.165) is 38.4 Å². The number of hydrogen-bond donors (Lipinski definition) is 2. The number of morpholine rings is 1. The van der Waals surface area contributed by atoms with Crippen molar-refractivity contribution in [2.45, 2.75) is 6.04 Å². The molecule has 1 amide bonds. The van der Waals surface area contributed by atoms with Crippen molar-refractivity contribution in [3.63, 3.8) is 0 Å². The number of methoxy groups -OCH3 is 1. The Morgan fingerprint density at radius 1 is 1.16 bits per heavy atom. The van der Waals surface area contributed by atoms with E-state index in [1.54, 1.807) is 13.2 Å². The van der Waals surface area contributed by atoms with Crippen molar-refractivity contribution in [3.05, 3.63) is 65.7 Å². The van der Waals surface area contributed by atoms with Crippen molar-refractivity contribution < 1.29 is 19.2 Å². The summed E-state index contributed by atoms with van der Waals surface area (Å²) in [4.78, 5) is 14.2. The predicted octanol–water partition coefficient (Wildman–Crippen LogP) is 1.08. The van der Waals surface area contributed by atoms with Gasteiger partial charge in [-0.05, 0) is 23.8 Å². The van der Waals surface area contributed by atoms with Crippen LogP contribution in [0.5, 0.6) is 5.75 Å². The summed E-state index contributed by atoms with van der Waals surface area (Å²) in [5.41, 5.74) is 1.73. The van der Waals surface area contributed by atoms with Gasteiger partial charge in [0, 0.05) is 5.56 Å². The Balaban J connectivity index is 1.75. The average Bonchev–Trinajstić information content (AvgIpc) is 2.69. The van der Waals surface area contributed by atoms with Crippen molar-refractivity contribution >= 4 is 5.91 Å². The molecule has 132 valence electrons. The fourth-order valence-electron chi connectivity index (χ4n) is 3.10. The van der Waals surface area contributed by atoms with Crippen LogP contribution in [-0.4, -0.2) is 45.9 Å². The summed E-state index contributed by atoms with van der Waals surface area (Å²) in [7, 11) is 1.60. The lowest BCUT2D eigenvalue weighted by Crippen LogP contribution is -3.14. The highest BCUT2D eigenvalue weighted by atomic mass is 16.5. The predicted molar refractivity (Wildman–Crippen MR) is 96.0 cm³/mol. The summed E-state index contributed by atoms with van der Waals surface area (Å²) in [6.07, 6.45) is 0. The molecule has 2 aromatic carbocycles.